The Morgan fingerprint density at radius 3 is 2.95 bits per heavy atom. The van der Waals surface area contributed by atoms with Crippen molar-refractivity contribution >= 4 is 15.9 Å². The minimum absolute atomic E-state index is 0.161. The van der Waals surface area contributed by atoms with Crippen molar-refractivity contribution in [2.24, 2.45) is 5.92 Å². The van der Waals surface area contributed by atoms with Gasteiger partial charge in [0.25, 0.3) is 0 Å². The number of hydrogen-bond donors (Lipinski definition) is 1. The Balaban J connectivity index is 1.74. The SMILES string of the molecule is CCCNC(Cc1cc(F)ccc1Br)C1CC2CCC1O2. The molecule has 2 fully saturated rings. The largest absolute Gasteiger partial charge is 0.375 e. The number of nitrogens with one attached hydrogen (secondary N) is 1. The van der Waals surface area contributed by atoms with Crippen molar-refractivity contribution in [2.75, 3.05) is 6.54 Å². The molecule has 2 aliphatic heterocycles. The second kappa shape index (κ2) is 6.76. The van der Waals surface area contributed by atoms with Gasteiger partial charge >= 0.3 is 0 Å². The van der Waals surface area contributed by atoms with E-state index in [4.69, 9.17) is 4.74 Å². The van der Waals surface area contributed by atoms with E-state index < -0.39 is 0 Å². The van der Waals surface area contributed by atoms with E-state index in [0.717, 1.165) is 35.8 Å². The first kappa shape index (κ1) is 15.4. The Morgan fingerprint density at radius 1 is 1.43 bits per heavy atom. The van der Waals surface area contributed by atoms with E-state index in [-0.39, 0.29) is 5.82 Å². The topological polar surface area (TPSA) is 21.3 Å². The zero-order chi connectivity index (χ0) is 14.8. The molecule has 0 radical (unpaired) electrons. The van der Waals surface area contributed by atoms with Crippen molar-refractivity contribution in [1.29, 1.82) is 0 Å². The van der Waals surface area contributed by atoms with E-state index in [2.05, 4.69) is 28.2 Å². The van der Waals surface area contributed by atoms with Crippen molar-refractivity contribution in [3.8, 4) is 0 Å². The molecule has 1 aromatic carbocycles. The summed E-state index contributed by atoms with van der Waals surface area (Å²) in [5.41, 5.74) is 1.05. The van der Waals surface area contributed by atoms with Crippen LogP contribution in [-0.2, 0) is 11.2 Å². The number of halogens is 2. The van der Waals surface area contributed by atoms with E-state index in [1.54, 1.807) is 12.1 Å². The van der Waals surface area contributed by atoms with Crippen molar-refractivity contribution in [2.45, 2.75) is 57.3 Å². The van der Waals surface area contributed by atoms with Crippen molar-refractivity contribution in [1.82, 2.24) is 5.32 Å². The van der Waals surface area contributed by atoms with Gasteiger partial charge in [-0.15, -0.1) is 0 Å². The van der Waals surface area contributed by atoms with E-state index in [9.17, 15) is 4.39 Å². The van der Waals surface area contributed by atoms with Crippen LogP contribution < -0.4 is 5.32 Å². The van der Waals surface area contributed by atoms with Gasteiger partial charge in [0.15, 0.2) is 0 Å². The van der Waals surface area contributed by atoms with Gasteiger partial charge in [-0.25, -0.2) is 4.39 Å². The molecule has 2 nitrogen and oxygen atoms in total. The molecule has 0 spiro atoms. The molecule has 1 N–H and O–H groups in total. The van der Waals surface area contributed by atoms with Gasteiger partial charge in [-0.3, -0.25) is 0 Å². The zero-order valence-electron chi connectivity index (χ0n) is 12.4. The van der Waals surface area contributed by atoms with E-state index in [1.165, 1.54) is 18.9 Å². The summed E-state index contributed by atoms with van der Waals surface area (Å²) in [4.78, 5) is 0. The van der Waals surface area contributed by atoms with Crippen LogP contribution in [0.3, 0.4) is 0 Å². The van der Waals surface area contributed by atoms with Crippen molar-refractivity contribution in [3.63, 3.8) is 0 Å². The lowest BCUT2D eigenvalue weighted by Crippen LogP contribution is -2.42. The summed E-state index contributed by atoms with van der Waals surface area (Å²) >= 11 is 3.55. The minimum atomic E-state index is -0.161. The average molecular weight is 356 g/mol. The monoisotopic (exact) mass is 355 g/mol. The van der Waals surface area contributed by atoms with Crippen LogP contribution in [-0.4, -0.2) is 24.8 Å². The third-order valence-corrected chi connectivity index (χ3v) is 5.55. The molecule has 21 heavy (non-hydrogen) atoms. The molecule has 0 aromatic heterocycles. The van der Waals surface area contributed by atoms with Gasteiger partial charge in [-0.05, 0) is 62.4 Å². The van der Waals surface area contributed by atoms with Crippen LogP contribution in [0.5, 0.6) is 0 Å². The van der Waals surface area contributed by atoms with Crippen LogP contribution in [0.15, 0.2) is 22.7 Å². The number of hydrogen-bond acceptors (Lipinski definition) is 2. The minimum Gasteiger partial charge on any atom is -0.375 e. The third-order valence-electron chi connectivity index (χ3n) is 4.77. The van der Waals surface area contributed by atoms with Gasteiger partial charge in [-0.2, -0.15) is 0 Å². The lowest BCUT2D eigenvalue weighted by molar-refractivity contribution is 0.0857. The maximum absolute atomic E-state index is 13.5. The lowest BCUT2D eigenvalue weighted by Gasteiger charge is -2.30. The molecular weight excluding hydrogens is 333 g/mol. The van der Waals surface area contributed by atoms with Crippen LogP contribution in [0, 0.1) is 11.7 Å². The molecule has 4 heteroatoms. The van der Waals surface area contributed by atoms with E-state index in [0.29, 0.717) is 24.2 Å². The highest BCUT2D eigenvalue weighted by Crippen LogP contribution is 2.41. The van der Waals surface area contributed by atoms with Crippen LogP contribution in [0.1, 0.15) is 38.2 Å². The summed E-state index contributed by atoms with van der Waals surface area (Å²) < 4.78 is 20.5. The van der Waals surface area contributed by atoms with Crippen molar-refractivity contribution in [3.05, 3.63) is 34.1 Å². The lowest BCUT2D eigenvalue weighted by atomic mass is 9.81. The predicted octanol–water partition coefficient (Wildman–Crippen LogP) is 4.07. The molecular formula is C17H23BrFNO. The molecule has 2 saturated heterocycles. The quantitative estimate of drug-likeness (QED) is 0.830. The van der Waals surface area contributed by atoms with Gasteiger partial charge in [0.1, 0.15) is 5.82 Å². The maximum atomic E-state index is 13.5. The highest BCUT2D eigenvalue weighted by Gasteiger charge is 2.44. The van der Waals surface area contributed by atoms with Gasteiger partial charge in [-0.1, -0.05) is 22.9 Å². The summed E-state index contributed by atoms with van der Waals surface area (Å²) in [6, 6.07) is 5.33. The highest BCUT2D eigenvalue weighted by atomic mass is 79.9. The molecule has 0 amide bonds. The Labute approximate surface area is 134 Å². The first-order valence-corrected chi connectivity index (χ1v) is 8.79. The van der Waals surface area contributed by atoms with Crippen molar-refractivity contribution < 1.29 is 9.13 Å². The Bertz CT molecular complexity index is 496. The molecule has 2 aliphatic rings. The summed E-state index contributed by atoms with van der Waals surface area (Å²) in [6.45, 7) is 3.19. The molecule has 4 unspecified atom stereocenters. The third kappa shape index (κ3) is 3.49. The summed E-state index contributed by atoms with van der Waals surface area (Å²) in [5, 5.41) is 3.67. The van der Waals surface area contributed by atoms with Gasteiger partial charge in [0.2, 0.25) is 0 Å². The second-order valence-electron chi connectivity index (χ2n) is 6.27. The summed E-state index contributed by atoms with van der Waals surface area (Å²) in [7, 11) is 0. The van der Waals surface area contributed by atoms with Crippen LogP contribution in [0.2, 0.25) is 0 Å². The van der Waals surface area contributed by atoms with Gasteiger partial charge < -0.3 is 10.1 Å². The molecule has 4 atom stereocenters. The molecule has 2 bridgehead atoms. The fourth-order valence-corrected chi connectivity index (χ4v) is 4.15. The molecule has 2 heterocycles. The van der Waals surface area contributed by atoms with Crippen LogP contribution >= 0.6 is 15.9 Å². The average Bonchev–Trinajstić information content (AvgIpc) is 3.09. The van der Waals surface area contributed by atoms with Gasteiger partial charge in [0, 0.05) is 16.4 Å². The Hall–Kier alpha value is -0.450. The molecule has 0 saturated carbocycles. The normalized spacial score (nSPS) is 29.0. The number of rotatable bonds is 6. The molecule has 1 aromatic rings. The second-order valence-corrected chi connectivity index (χ2v) is 7.13. The van der Waals surface area contributed by atoms with Gasteiger partial charge in [0.05, 0.1) is 12.2 Å². The Kier molecular flexibility index (Phi) is 4.97. The van der Waals surface area contributed by atoms with Crippen LogP contribution in [0.4, 0.5) is 4.39 Å². The molecule has 0 aliphatic carbocycles. The molecule has 116 valence electrons. The summed E-state index contributed by atoms with van der Waals surface area (Å²) in [6.07, 6.45) is 6.38. The van der Waals surface area contributed by atoms with Crippen LogP contribution in [0.25, 0.3) is 0 Å². The summed E-state index contributed by atoms with van der Waals surface area (Å²) in [5.74, 6) is 0.400. The van der Waals surface area contributed by atoms with E-state index in [1.807, 2.05) is 0 Å². The molecule has 3 rings (SSSR count). The number of fused-ring (bicyclic) bond motifs is 2. The highest BCUT2D eigenvalue weighted by molar-refractivity contribution is 9.10. The fraction of sp³-hybridized carbons (Fsp3) is 0.647. The maximum Gasteiger partial charge on any atom is 0.123 e. The smallest absolute Gasteiger partial charge is 0.123 e. The van der Waals surface area contributed by atoms with E-state index >= 15 is 0 Å². The number of benzene rings is 1. The zero-order valence-corrected chi connectivity index (χ0v) is 14.0. The Morgan fingerprint density at radius 2 is 2.29 bits per heavy atom. The number of ether oxygens (including phenoxy) is 1. The predicted molar refractivity (Wildman–Crippen MR) is 85.9 cm³/mol. The first-order chi connectivity index (χ1) is 10.2. The first-order valence-electron chi connectivity index (χ1n) is 8.00. The standard InChI is InChI=1S/C17H23BrFNO/c1-2-7-20-16(14-10-13-4-6-17(14)21-13)9-11-8-12(19)3-5-15(11)18/h3,5,8,13-14,16-17,20H,2,4,6-7,9-10H2,1H3. The fourth-order valence-electron chi connectivity index (χ4n) is 3.74.